The second-order valence-electron chi connectivity index (χ2n) is 5.87. The molecule has 4 heteroatoms. The lowest BCUT2D eigenvalue weighted by Crippen LogP contribution is -2.47. The van der Waals surface area contributed by atoms with E-state index in [1.807, 2.05) is 0 Å². The van der Waals surface area contributed by atoms with Crippen molar-refractivity contribution in [1.82, 2.24) is 4.90 Å². The molecule has 1 aliphatic carbocycles. The zero-order chi connectivity index (χ0) is 14.3. The molecule has 1 fully saturated rings. The molecule has 1 unspecified atom stereocenters. The Morgan fingerprint density at radius 1 is 1.32 bits per heavy atom. The molecule has 0 bridgehead atoms. The first-order valence-corrected chi connectivity index (χ1v) is 7.52. The number of carboxylic acids is 1. The van der Waals surface area contributed by atoms with Crippen LogP contribution in [0.3, 0.4) is 0 Å². The average Bonchev–Trinajstić information content (AvgIpc) is 2.62. The maximum absolute atomic E-state index is 11.8. The summed E-state index contributed by atoms with van der Waals surface area (Å²) in [6, 6.07) is 0.273. The Kier molecular flexibility index (Phi) is 6.80. The largest absolute Gasteiger partial charge is 0.481 e. The summed E-state index contributed by atoms with van der Waals surface area (Å²) in [5.41, 5.74) is -0.547. The SMILES string of the molecule is CCN(CC1(C(=O)O)CCCCCC1)C(C)COC. The lowest BCUT2D eigenvalue weighted by molar-refractivity contribution is -0.151. The number of likely N-dealkylation sites (N-methyl/N-ethyl adjacent to an activating group) is 1. The molecule has 0 aromatic rings. The Balaban J connectivity index is 2.77. The highest BCUT2D eigenvalue weighted by molar-refractivity contribution is 5.75. The van der Waals surface area contributed by atoms with E-state index in [1.54, 1.807) is 7.11 Å². The highest BCUT2D eigenvalue weighted by Crippen LogP contribution is 2.36. The number of ether oxygens (including phenoxy) is 1. The molecule has 112 valence electrons. The Bertz CT molecular complexity index is 273. The minimum absolute atomic E-state index is 0.273. The minimum atomic E-state index is -0.613. The fourth-order valence-corrected chi connectivity index (χ4v) is 3.16. The van der Waals surface area contributed by atoms with E-state index in [0.717, 1.165) is 32.2 Å². The van der Waals surface area contributed by atoms with Crippen molar-refractivity contribution in [2.75, 3.05) is 26.8 Å². The van der Waals surface area contributed by atoms with Crippen LogP contribution in [-0.4, -0.2) is 48.8 Å². The Morgan fingerprint density at radius 3 is 2.32 bits per heavy atom. The summed E-state index contributed by atoms with van der Waals surface area (Å²) in [4.78, 5) is 14.1. The third kappa shape index (κ3) is 4.46. The maximum Gasteiger partial charge on any atom is 0.310 e. The molecule has 0 aliphatic heterocycles. The van der Waals surface area contributed by atoms with E-state index in [0.29, 0.717) is 13.2 Å². The van der Waals surface area contributed by atoms with Crippen LogP contribution in [0.1, 0.15) is 52.4 Å². The first-order valence-electron chi connectivity index (χ1n) is 7.52. The summed E-state index contributed by atoms with van der Waals surface area (Å²) >= 11 is 0. The normalized spacial score (nSPS) is 21.1. The molecule has 19 heavy (non-hydrogen) atoms. The lowest BCUT2D eigenvalue weighted by Gasteiger charge is -2.37. The standard InChI is InChI=1S/C15H29NO3/c1-4-16(13(2)11-19-3)12-15(14(17)18)9-7-5-6-8-10-15/h13H,4-12H2,1-3H3,(H,17,18). The van der Waals surface area contributed by atoms with Gasteiger partial charge in [0, 0.05) is 19.7 Å². The van der Waals surface area contributed by atoms with Crippen LogP contribution in [0.4, 0.5) is 0 Å². The molecular formula is C15H29NO3. The van der Waals surface area contributed by atoms with E-state index in [2.05, 4.69) is 18.7 Å². The van der Waals surface area contributed by atoms with Gasteiger partial charge < -0.3 is 9.84 Å². The fraction of sp³-hybridized carbons (Fsp3) is 0.933. The van der Waals surface area contributed by atoms with Crippen LogP contribution in [0.5, 0.6) is 0 Å². The summed E-state index contributed by atoms with van der Waals surface area (Å²) in [6.07, 6.45) is 6.08. The van der Waals surface area contributed by atoms with Crippen molar-refractivity contribution in [1.29, 1.82) is 0 Å². The number of nitrogens with zero attached hydrogens (tertiary/aromatic N) is 1. The van der Waals surface area contributed by atoms with Crippen LogP contribution >= 0.6 is 0 Å². The van der Waals surface area contributed by atoms with E-state index in [1.165, 1.54) is 12.8 Å². The molecule has 1 saturated carbocycles. The predicted octanol–water partition coefficient (Wildman–Crippen LogP) is 2.77. The van der Waals surface area contributed by atoms with Crippen molar-refractivity contribution >= 4 is 5.97 Å². The van der Waals surface area contributed by atoms with Crippen molar-refractivity contribution in [2.45, 2.75) is 58.4 Å². The van der Waals surface area contributed by atoms with Crippen molar-refractivity contribution < 1.29 is 14.6 Å². The number of carbonyl (C=O) groups is 1. The predicted molar refractivity (Wildman–Crippen MR) is 76.4 cm³/mol. The summed E-state index contributed by atoms with van der Waals surface area (Å²) in [7, 11) is 1.70. The molecule has 0 aromatic carbocycles. The Hall–Kier alpha value is -0.610. The van der Waals surface area contributed by atoms with Gasteiger partial charge in [0.15, 0.2) is 0 Å². The van der Waals surface area contributed by atoms with Gasteiger partial charge in [0.2, 0.25) is 0 Å². The van der Waals surface area contributed by atoms with Crippen molar-refractivity contribution in [3.63, 3.8) is 0 Å². The van der Waals surface area contributed by atoms with Gasteiger partial charge in [0.05, 0.1) is 12.0 Å². The van der Waals surface area contributed by atoms with Gasteiger partial charge in [-0.25, -0.2) is 0 Å². The number of aliphatic carboxylic acids is 1. The van der Waals surface area contributed by atoms with E-state index in [-0.39, 0.29) is 6.04 Å². The molecule has 1 atom stereocenters. The minimum Gasteiger partial charge on any atom is -0.481 e. The molecule has 1 N–H and O–H groups in total. The van der Waals surface area contributed by atoms with Crippen LogP contribution in [0.2, 0.25) is 0 Å². The van der Waals surface area contributed by atoms with E-state index < -0.39 is 11.4 Å². The van der Waals surface area contributed by atoms with Gasteiger partial charge in [0.25, 0.3) is 0 Å². The third-order valence-corrected chi connectivity index (χ3v) is 4.46. The third-order valence-electron chi connectivity index (χ3n) is 4.46. The van der Waals surface area contributed by atoms with Crippen molar-refractivity contribution in [3.05, 3.63) is 0 Å². The van der Waals surface area contributed by atoms with Crippen molar-refractivity contribution in [2.24, 2.45) is 5.41 Å². The molecule has 4 nitrogen and oxygen atoms in total. The molecule has 1 rings (SSSR count). The van der Waals surface area contributed by atoms with Gasteiger partial charge in [-0.1, -0.05) is 32.6 Å². The number of rotatable bonds is 7. The van der Waals surface area contributed by atoms with Crippen LogP contribution in [0, 0.1) is 5.41 Å². The first kappa shape index (κ1) is 16.4. The summed E-state index contributed by atoms with van der Waals surface area (Å²) in [6.45, 7) is 6.39. The number of methoxy groups -OCH3 is 1. The molecule has 1 aliphatic rings. The summed E-state index contributed by atoms with van der Waals surface area (Å²) < 4.78 is 5.20. The maximum atomic E-state index is 11.8. The smallest absolute Gasteiger partial charge is 0.310 e. The van der Waals surface area contributed by atoms with Gasteiger partial charge in [-0.15, -0.1) is 0 Å². The molecule has 0 heterocycles. The second-order valence-corrected chi connectivity index (χ2v) is 5.87. The van der Waals surface area contributed by atoms with Gasteiger partial charge in [-0.2, -0.15) is 0 Å². The summed E-state index contributed by atoms with van der Waals surface area (Å²) in [5.74, 6) is -0.613. The number of hydrogen-bond donors (Lipinski definition) is 1. The fourth-order valence-electron chi connectivity index (χ4n) is 3.16. The van der Waals surface area contributed by atoms with Gasteiger partial charge in [0.1, 0.15) is 0 Å². The Labute approximate surface area is 117 Å². The summed E-state index contributed by atoms with van der Waals surface area (Å²) in [5, 5.41) is 9.71. The average molecular weight is 271 g/mol. The molecule has 0 radical (unpaired) electrons. The lowest BCUT2D eigenvalue weighted by atomic mass is 9.79. The quantitative estimate of drug-likeness (QED) is 0.723. The molecule has 0 spiro atoms. The first-order chi connectivity index (χ1) is 9.05. The molecular weight excluding hydrogens is 242 g/mol. The topological polar surface area (TPSA) is 49.8 Å². The van der Waals surface area contributed by atoms with Crippen LogP contribution in [0.25, 0.3) is 0 Å². The highest BCUT2D eigenvalue weighted by atomic mass is 16.5. The van der Waals surface area contributed by atoms with Gasteiger partial charge >= 0.3 is 5.97 Å². The monoisotopic (exact) mass is 271 g/mol. The second kappa shape index (κ2) is 7.85. The molecule has 0 saturated heterocycles. The van der Waals surface area contributed by atoms with Crippen LogP contribution in [-0.2, 0) is 9.53 Å². The van der Waals surface area contributed by atoms with Crippen molar-refractivity contribution in [3.8, 4) is 0 Å². The van der Waals surface area contributed by atoms with Gasteiger partial charge in [-0.05, 0) is 26.3 Å². The highest BCUT2D eigenvalue weighted by Gasteiger charge is 2.40. The molecule has 0 amide bonds. The van der Waals surface area contributed by atoms with Gasteiger partial charge in [-0.3, -0.25) is 9.69 Å². The zero-order valence-electron chi connectivity index (χ0n) is 12.7. The number of hydrogen-bond acceptors (Lipinski definition) is 3. The van der Waals surface area contributed by atoms with E-state index in [9.17, 15) is 9.90 Å². The van der Waals surface area contributed by atoms with E-state index >= 15 is 0 Å². The van der Waals surface area contributed by atoms with Crippen LogP contribution in [0.15, 0.2) is 0 Å². The molecule has 0 aromatic heterocycles. The number of carboxylic acid groups (broad SMARTS) is 1. The zero-order valence-corrected chi connectivity index (χ0v) is 12.7. The Morgan fingerprint density at radius 2 is 1.89 bits per heavy atom. The van der Waals surface area contributed by atoms with Crippen LogP contribution < -0.4 is 0 Å². The van der Waals surface area contributed by atoms with E-state index in [4.69, 9.17) is 4.74 Å².